The molecule has 0 amide bonds. The number of pyridine rings is 1. The van der Waals surface area contributed by atoms with Gasteiger partial charge in [-0.3, -0.25) is 14.4 Å². The summed E-state index contributed by atoms with van der Waals surface area (Å²) in [6.45, 7) is 0.314. The van der Waals surface area contributed by atoms with E-state index in [0.717, 1.165) is 11.0 Å². The van der Waals surface area contributed by atoms with Crippen molar-refractivity contribution in [3.05, 3.63) is 46.6 Å². The summed E-state index contributed by atoms with van der Waals surface area (Å²) in [5, 5.41) is 0.986. The quantitative estimate of drug-likeness (QED) is 0.414. The van der Waals surface area contributed by atoms with E-state index in [4.69, 9.17) is 9.47 Å². The average Bonchev–Trinajstić information content (AvgIpc) is 2.77. The molecule has 8 heteroatoms. The number of hydrogen-bond donors (Lipinski definition) is 0. The van der Waals surface area contributed by atoms with Crippen molar-refractivity contribution in [3.63, 3.8) is 0 Å². The second-order valence-corrected chi connectivity index (χ2v) is 6.60. The Morgan fingerprint density at radius 1 is 0.800 bits per heavy atom. The molecule has 8 nitrogen and oxygen atoms in total. The molecule has 0 saturated carbocycles. The highest BCUT2D eigenvalue weighted by atomic mass is 16.5. The minimum atomic E-state index is -0.363. The van der Waals surface area contributed by atoms with Gasteiger partial charge < -0.3 is 23.5 Å². The molecule has 0 saturated heterocycles. The monoisotopic (exact) mass is 413 g/mol. The molecule has 158 valence electrons. The van der Waals surface area contributed by atoms with E-state index in [2.05, 4.69) is 9.47 Å². The first-order valence-corrected chi connectivity index (χ1v) is 9.40. The smallest absolute Gasteiger partial charge is 0.308 e. The molecule has 0 N–H and O–H groups in total. The van der Waals surface area contributed by atoms with E-state index in [9.17, 15) is 14.4 Å². The summed E-state index contributed by atoms with van der Waals surface area (Å²) in [7, 11) is 4.51. The summed E-state index contributed by atoms with van der Waals surface area (Å²) in [4.78, 5) is 35.6. The molecule has 1 heterocycles. The van der Waals surface area contributed by atoms with Crippen LogP contribution in [0.15, 0.2) is 41.2 Å². The molecule has 30 heavy (non-hydrogen) atoms. The van der Waals surface area contributed by atoms with E-state index < -0.39 is 0 Å². The van der Waals surface area contributed by atoms with Crippen molar-refractivity contribution in [2.45, 2.75) is 12.8 Å². The summed E-state index contributed by atoms with van der Waals surface area (Å²) >= 11 is 0. The largest absolute Gasteiger partial charge is 0.493 e. The Bertz CT molecular complexity index is 1060. The molecule has 3 aromatic rings. The lowest BCUT2D eigenvalue weighted by Gasteiger charge is -2.13. The van der Waals surface area contributed by atoms with Crippen LogP contribution in [0.2, 0.25) is 0 Å². The number of nitrogens with zero attached hydrogens (tertiary/aromatic N) is 1. The number of aryl methyl sites for hydroxylation is 1. The van der Waals surface area contributed by atoms with Crippen LogP contribution in [0.5, 0.6) is 11.5 Å². The number of aromatic nitrogens is 1. The first-order valence-electron chi connectivity index (χ1n) is 9.40. The van der Waals surface area contributed by atoms with Crippen LogP contribution in [0.3, 0.4) is 0 Å². The van der Waals surface area contributed by atoms with Gasteiger partial charge in [0.2, 0.25) is 0 Å². The zero-order valence-corrected chi connectivity index (χ0v) is 17.1. The van der Waals surface area contributed by atoms with Crippen LogP contribution in [0, 0.1) is 0 Å². The van der Waals surface area contributed by atoms with Crippen LogP contribution >= 0.6 is 0 Å². The average molecular weight is 413 g/mol. The number of carbonyl (C=O) groups is 2. The van der Waals surface area contributed by atoms with Crippen molar-refractivity contribution in [1.82, 2.24) is 4.57 Å². The third kappa shape index (κ3) is 4.53. The van der Waals surface area contributed by atoms with Crippen LogP contribution < -0.4 is 14.9 Å². The fraction of sp³-hybridized carbons (Fsp3) is 0.318. The number of esters is 2. The third-order valence-corrected chi connectivity index (χ3v) is 4.75. The number of methoxy groups -OCH3 is 2. The summed E-state index contributed by atoms with van der Waals surface area (Å²) in [6.07, 6.45) is 0.243. The lowest BCUT2D eigenvalue weighted by Crippen LogP contribution is -2.11. The fourth-order valence-corrected chi connectivity index (χ4v) is 3.14. The SMILES string of the molecule is COC(=O)CCOc1ccc2c(c1)c(=O)c1cc(OCCC(=O)OC)ccc1n2C. The van der Waals surface area contributed by atoms with Crippen molar-refractivity contribution in [1.29, 1.82) is 0 Å². The standard InChI is InChI=1S/C22H23NO7/c1-23-18-6-4-14(29-10-8-20(24)27-2)12-16(18)22(26)17-13-15(5-7-19(17)23)30-11-9-21(25)28-3/h4-7,12-13H,8-11H2,1-3H3. The van der Waals surface area contributed by atoms with Crippen LogP contribution in [0.1, 0.15) is 12.8 Å². The van der Waals surface area contributed by atoms with Gasteiger partial charge in [-0.2, -0.15) is 0 Å². The van der Waals surface area contributed by atoms with Gasteiger partial charge in [-0.25, -0.2) is 0 Å². The molecule has 0 aliphatic heterocycles. The van der Waals surface area contributed by atoms with Crippen molar-refractivity contribution in [3.8, 4) is 11.5 Å². The van der Waals surface area contributed by atoms with E-state index in [-0.39, 0.29) is 43.4 Å². The maximum absolute atomic E-state index is 13.1. The number of benzene rings is 2. The number of carbonyl (C=O) groups excluding carboxylic acids is 2. The zero-order chi connectivity index (χ0) is 21.7. The van der Waals surface area contributed by atoms with Crippen molar-refractivity contribution < 1.29 is 28.5 Å². The predicted octanol–water partition coefficient (Wildman–Crippen LogP) is 2.58. The van der Waals surface area contributed by atoms with E-state index in [0.29, 0.717) is 22.3 Å². The molecule has 2 aromatic carbocycles. The van der Waals surface area contributed by atoms with E-state index in [1.807, 2.05) is 23.7 Å². The molecular weight excluding hydrogens is 390 g/mol. The molecule has 3 rings (SSSR count). The minimum absolute atomic E-state index is 0.122. The van der Waals surface area contributed by atoms with Gasteiger partial charge in [0.25, 0.3) is 0 Å². The molecule has 0 bridgehead atoms. The lowest BCUT2D eigenvalue weighted by molar-refractivity contribution is -0.142. The van der Waals surface area contributed by atoms with Crippen molar-refractivity contribution in [2.75, 3.05) is 27.4 Å². The highest BCUT2D eigenvalue weighted by Gasteiger charge is 2.12. The third-order valence-electron chi connectivity index (χ3n) is 4.75. The molecule has 1 aromatic heterocycles. The Morgan fingerprint density at radius 2 is 1.23 bits per heavy atom. The molecule has 0 fully saturated rings. The van der Waals surface area contributed by atoms with Gasteiger partial charge in [0, 0.05) is 17.8 Å². The van der Waals surface area contributed by atoms with Gasteiger partial charge in [0.05, 0.1) is 51.3 Å². The van der Waals surface area contributed by atoms with Crippen molar-refractivity contribution >= 4 is 33.7 Å². The maximum atomic E-state index is 13.1. The van der Waals surface area contributed by atoms with Gasteiger partial charge in [-0.05, 0) is 36.4 Å². The van der Waals surface area contributed by atoms with Crippen LogP contribution in [-0.2, 0) is 26.1 Å². The predicted molar refractivity (Wildman–Crippen MR) is 111 cm³/mol. The van der Waals surface area contributed by atoms with Gasteiger partial charge >= 0.3 is 11.9 Å². The second kappa shape index (κ2) is 9.30. The first-order chi connectivity index (χ1) is 14.4. The Kier molecular flexibility index (Phi) is 6.56. The van der Waals surface area contributed by atoms with Crippen LogP contribution in [0.4, 0.5) is 0 Å². The van der Waals surface area contributed by atoms with Gasteiger partial charge in [0.15, 0.2) is 5.43 Å². The fourth-order valence-electron chi connectivity index (χ4n) is 3.14. The number of fused-ring (bicyclic) bond motifs is 2. The molecule has 0 spiro atoms. The minimum Gasteiger partial charge on any atom is -0.493 e. The highest BCUT2D eigenvalue weighted by molar-refractivity contribution is 5.94. The van der Waals surface area contributed by atoms with Crippen LogP contribution in [-0.4, -0.2) is 43.9 Å². The summed E-state index contributed by atoms with van der Waals surface area (Å²) in [5.41, 5.74) is 1.36. The molecular formula is C22H23NO7. The molecule has 0 aliphatic rings. The maximum Gasteiger partial charge on any atom is 0.308 e. The van der Waals surface area contributed by atoms with Gasteiger partial charge in [-0.15, -0.1) is 0 Å². The Balaban J connectivity index is 1.91. The van der Waals surface area contributed by atoms with Crippen LogP contribution in [0.25, 0.3) is 21.8 Å². The summed E-state index contributed by atoms with van der Waals surface area (Å²) in [5.74, 6) is 0.261. The normalized spacial score (nSPS) is 10.8. The second-order valence-electron chi connectivity index (χ2n) is 6.60. The summed E-state index contributed by atoms with van der Waals surface area (Å²) < 4.78 is 22.3. The molecule has 0 aliphatic carbocycles. The highest BCUT2D eigenvalue weighted by Crippen LogP contribution is 2.25. The number of ether oxygens (including phenoxy) is 4. The van der Waals surface area contributed by atoms with E-state index in [1.54, 1.807) is 24.3 Å². The van der Waals surface area contributed by atoms with E-state index >= 15 is 0 Å². The zero-order valence-electron chi connectivity index (χ0n) is 17.1. The first kappa shape index (κ1) is 21.2. The Morgan fingerprint density at radius 3 is 1.63 bits per heavy atom. The molecule has 0 atom stereocenters. The lowest BCUT2D eigenvalue weighted by atomic mass is 10.1. The Labute approximate surface area is 172 Å². The summed E-state index contributed by atoms with van der Waals surface area (Å²) in [6, 6.07) is 10.5. The molecule has 0 radical (unpaired) electrons. The van der Waals surface area contributed by atoms with Crippen molar-refractivity contribution in [2.24, 2.45) is 7.05 Å². The topological polar surface area (TPSA) is 93.1 Å². The van der Waals surface area contributed by atoms with E-state index in [1.165, 1.54) is 14.2 Å². The number of rotatable bonds is 8. The van der Waals surface area contributed by atoms with Gasteiger partial charge in [0.1, 0.15) is 11.5 Å². The Hall–Kier alpha value is -3.55. The molecule has 0 unspecified atom stereocenters. The van der Waals surface area contributed by atoms with Gasteiger partial charge in [-0.1, -0.05) is 0 Å². The number of hydrogen-bond acceptors (Lipinski definition) is 7.